The highest BCUT2D eigenvalue weighted by molar-refractivity contribution is 9.09. The topological polar surface area (TPSA) is 3.88 Å². The number of hydrogen-bond acceptors (Lipinski definition) is 1. The Morgan fingerprint density at radius 1 is 1.20 bits per heavy atom. The minimum Gasteiger partial charge on any atom is -1.00 e. The fourth-order valence-electron chi connectivity index (χ4n) is 1.52. The molecule has 0 saturated heterocycles. The summed E-state index contributed by atoms with van der Waals surface area (Å²) >= 11 is 5.28. The van der Waals surface area contributed by atoms with Crippen molar-refractivity contribution in [3.63, 3.8) is 0 Å². The van der Waals surface area contributed by atoms with Crippen LogP contribution in [0.3, 0.4) is 0 Å². The smallest absolute Gasteiger partial charge is 0.225 e. The van der Waals surface area contributed by atoms with Gasteiger partial charge in [0.05, 0.1) is 0 Å². The Balaban J connectivity index is 0.00000112. The van der Waals surface area contributed by atoms with E-state index >= 15 is 0 Å². The maximum atomic E-state index is 3.46. The molecule has 4 heteroatoms. The molecule has 2 aromatic rings. The highest BCUT2D eigenvalue weighted by Crippen LogP contribution is 2.15. The lowest BCUT2D eigenvalue weighted by Gasteiger charge is -1.92. The summed E-state index contributed by atoms with van der Waals surface area (Å²) in [6, 6.07) is 8.58. The fraction of sp³-hybridized carbons (Fsp3) is 0.364. The van der Waals surface area contributed by atoms with Crippen molar-refractivity contribution in [2.24, 2.45) is 0 Å². The van der Waals surface area contributed by atoms with Gasteiger partial charge in [-0.1, -0.05) is 39.4 Å². The van der Waals surface area contributed by atoms with Gasteiger partial charge in [-0.15, -0.1) is 0 Å². The van der Waals surface area contributed by atoms with Crippen molar-refractivity contribution in [2.75, 3.05) is 5.33 Å². The Bertz CT molecular complexity index is 416. The lowest BCUT2D eigenvalue weighted by molar-refractivity contribution is -0.667. The molecule has 0 fully saturated rings. The van der Waals surface area contributed by atoms with Crippen LogP contribution in [0.2, 0.25) is 0 Å². The number of aryl methyl sites for hydroxylation is 1. The third kappa shape index (κ3) is 3.39. The zero-order chi connectivity index (χ0) is 9.80. The van der Waals surface area contributed by atoms with E-state index in [0.29, 0.717) is 0 Å². The Labute approximate surface area is 120 Å². The summed E-state index contributed by atoms with van der Waals surface area (Å²) in [4.78, 5) is 0. The SMILES string of the molecule is BrCCCC[n+]1csc2ccccc21.[I-]. The van der Waals surface area contributed by atoms with Crippen molar-refractivity contribution in [3.05, 3.63) is 29.8 Å². The first-order valence-electron chi connectivity index (χ1n) is 4.83. The van der Waals surface area contributed by atoms with E-state index in [1.807, 2.05) is 11.3 Å². The van der Waals surface area contributed by atoms with Crippen LogP contribution in [0.1, 0.15) is 12.8 Å². The van der Waals surface area contributed by atoms with Crippen molar-refractivity contribution in [3.8, 4) is 0 Å². The number of hydrogen-bond donors (Lipinski definition) is 0. The molecule has 0 saturated carbocycles. The summed E-state index contributed by atoms with van der Waals surface area (Å²) in [5.41, 5.74) is 3.59. The number of benzene rings is 1. The summed E-state index contributed by atoms with van der Waals surface area (Å²) in [6.07, 6.45) is 2.49. The summed E-state index contributed by atoms with van der Waals surface area (Å²) in [5.74, 6) is 0. The molecular weight excluding hydrogens is 385 g/mol. The molecule has 1 aromatic heterocycles. The Kier molecular flexibility index (Phi) is 6.07. The minimum absolute atomic E-state index is 0. The molecule has 0 unspecified atom stereocenters. The van der Waals surface area contributed by atoms with Crippen LogP contribution in [0.4, 0.5) is 0 Å². The predicted molar refractivity (Wildman–Crippen MR) is 65.0 cm³/mol. The molecule has 1 heterocycles. The quantitative estimate of drug-likeness (QED) is 0.304. The second-order valence-corrected chi connectivity index (χ2v) is 4.96. The average molecular weight is 398 g/mol. The molecule has 0 atom stereocenters. The second-order valence-electron chi connectivity index (χ2n) is 3.28. The largest absolute Gasteiger partial charge is 1.00 e. The van der Waals surface area contributed by atoms with Crippen molar-refractivity contribution in [2.45, 2.75) is 19.4 Å². The molecule has 0 aliphatic heterocycles. The van der Waals surface area contributed by atoms with E-state index in [0.717, 1.165) is 11.9 Å². The third-order valence-corrected chi connectivity index (χ3v) is 3.78. The highest BCUT2D eigenvalue weighted by Gasteiger charge is 2.09. The van der Waals surface area contributed by atoms with E-state index in [2.05, 4.69) is 50.3 Å². The molecule has 0 aliphatic carbocycles. The molecular formula is C11H13BrINS. The first-order chi connectivity index (χ1) is 6.92. The van der Waals surface area contributed by atoms with Gasteiger partial charge in [-0.05, 0) is 12.5 Å². The first kappa shape index (κ1) is 13.4. The van der Waals surface area contributed by atoms with Crippen LogP contribution in [0.25, 0.3) is 10.2 Å². The lowest BCUT2D eigenvalue weighted by atomic mass is 10.3. The molecule has 0 aliphatic rings. The molecule has 0 bridgehead atoms. The first-order valence-corrected chi connectivity index (χ1v) is 6.83. The number of aromatic nitrogens is 1. The fourth-order valence-corrected chi connectivity index (χ4v) is 2.84. The molecule has 0 spiro atoms. The summed E-state index contributed by atoms with van der Waals surface area (Å²) < 4.78 is 3.73. The van der Waals surface area contributed by atoms with E-state index in [1.165, 1.54) is 23.1 Å². The van der Waals surface area contributed by atoms with Crippen LogP contribution in [0.5, 0.6) is 0 Å². The van der Waals surface area contributed by atoms with Gasteiger partial charge in [-0.2, -0.15) is 4.57 Å². The average Bonchev–Trinajstić information content (AvgIpc) is 2.63. The van der Waals surface area contributed by atoms with Crippen LogP contribution in [-0.4, -0.2) is 5.33 Å². The third-order valence-electron chi connectivity index (χ3n) is 2.26. The van der Waals surface area contributed by atoms with E-state index in [-0.39, 0.29) is 24.0 Å². The number of thiazole rings is 1. The zero-order valence-corrected chi connectivity index (χ0v) is 12.9. The molecule has 0 N–H and O–H groups in total. The number of unbranched alkanes of at least 4 members (excludes halogenated alkanes) is 1. The zero-order valence-electron chi connectivity index (χ0n) is 8.33. The molecule has 15 heavy (non-hydrogen) atoms. The van der Waals surface area contributed by atoms with Gasteiger partial charge in [0.25, 0.3) is 0 Å². The van der Waals surface area contributed by atoms with Gasteiger partial charge in [0.2, 0.25) is 11.0 Å². The van der Waals surface area contributed by atoms with Gasteiger partial charge in [0.1, 0.15) is 11.2 Å². The second kappa shape index (κ2) is 6.81. The van der Waals surface area contributed by atoms with Gasteiger partial charge in [-0.3, -0.25) is 0 Å². The van der Waals surface area contributed by atoms with Gasteiger partial charge >= 0.3 is 0 Å². The molecule has 1 aromatic carbocycles. The van der Waals surface area contributed by atoms with Crippen molar-refractivity contribution in [1.29, 1.82) is 0 Å². The van der Waals surface area contributed by atoms with Crippen LogP contribution >= 0.6 is 27.3 Å². The maximum absolute atomic E-state index is 3.46. The molecule has 2 rings (SSSR count). The van der Waals surface area contributed by atoms with Crippen LogP contribution in [0, 0.1) is 0 Å². The number of rotatable bonds is 4. The van der Waals surface area contributed by atoms with Crippen molar-refractivity contribution < 1.29 is 28.5 Å². The number of para-hydroxylation sites is 1. The predicted octanol–water partition coefficient (Wildman–Crippen LogP) is 0.368. The number of fused-ring (bicyclic) bond motifs is 1. The number of alkyl halides is 1. The Morgan fingerprint density at radius 3 is 2.80 bits per heavy atom. The van der Waals surface area contributed by atoms with E-state index in [1.54, 1.807) is 0 Å². The summed E-state index contributed by atoms with van der Waals surface area (Å²) in [5, 5.41) is 1.11. The number of halogens is 2. The Hall–Kier alpha value is 0.320. The van der Waals surface area contributed by atoms with Gasteiger partial charge in [0.15, 0.2) is 0 Å². The lowest BCUT2D eigenvalue weighted by Crippen LogP contribution is -3.00. The van der Waals surface area contributed by atoms with Crippen molar-refractivity contribution >= 4 is 37.5 Å². The Morgan fingerprint density at radius 2 is 2.00 bits per heavy atom. The van der Waals surface area contributed by atoms with Crippen LogP contribution in [-0.2, 0) is 6.54 Å². The molecule has 1 nitrogen and oxygen atoms in total. The molecule has 0 amide bonds. The van der Waals surface area contributed by atoms with E-state index in [9.17, 15) is 0 Å². The molecule has 0 radical (unpaired) electrons. The summed E-state index contributed by atoms with van der Waals surface area (Å²) in [6.45, 7) is 1.13. The summed E-state index contributed by atoms with van der Waals surface area (Å²) in [7, 11) is 0. The van der Waals surface area contributed by atoms with E-state index < -0.39 is 0 Å². The van der Waals surface area contributed by atoms with E-state index in [4.69, 9.17) is 0 Å². The molecule has 82 valence electrons. The van der Waals surface area contributed by atoms with Gasteiger partial charge < -0.3 is 24.0 Å². The van der Waals surface area contributed by atoms with Crippen LogP contribution in [0.15, 0.2) is 29.8 Å². The monoisotopic (exact) mass is 397 g/mol. The normalized spacial score (nSPS) is 10.2. The number of nitrogens with zero attached hydrogens (tertiary/aromatic N) is 1. The van der Waals surface area contributed by atoms with Crippen molar-refractivity contribution in [1.82, 2.24) is 0 Å². The van der Waals surface area contributed by atoms with Gasteiger partial charge in [-0.25, -0.2) is 0 Å². The van der Waals surface area contributed by atoms with Gasteiger partial charge in [0, 0.05) is 17.8 Å². The highest BCUT2D eigenvalue weighted by atomic mass is 127. The van der Waals surface area contributed by atoms with Crippen LogP contribution < -0.4 is 28.5 Å². The maximum Gasteiger partial charge on any atom is 0.225 e. The minimum atomic E-state index is 0. The standard InChI is InChI=1S/C11H13BrNS.HI/c12-7-3-4-8-13-9-14-11-6-2-1-5-10(11)13;/h1-2,5-6,9H,3-4,7-8H2;1H/q+1;/p-1.